The van der Waals surface area contributed by atoms with Crippen molar-refractivity contribution in [2.75, 3.05) is 6.61 Å². The summed E-state index contributed by atoms with van der Waals surface area (Å²) in [5, 5.41) is 0. The van der Waals surface area contributed by atoms with Crippen LogP contribution in [-0.4, -0.2) is 35.7 Å². The molecular formula is C23H24O6. The Morgan fingerprint density at radius 1 is 0.759 bits per heavy atom. The minimum atomic E-state index is -1.30. The summed E-state index contributed by atoms with van der Waals surface area (Å²) in [7, 11) is 0. The molecule has 0 fully saturated rings. The summed E-state index contributed by atoms with van der Waals surface area (Å²) in [6, 6.07) is 16.8. The van der Waals surface area contributed by atoms with Crippen molar-refractivity contribution in [3.8, 4) is 0 Å². The molecule has 0 N–H and O–H groups in total. The Morgan fingerprint density at radius 3 is 1.83 bits per heavy atom. The second kappa shape index (κ2) is 10.3. The Labute approximate surface area is 169 Å². The third-order valence-corrected chi connectivity index (χ3v) is 4.26. The first-order chi connectivity index (χ1) is 13.8. The highest BCUT2D eigenvalue weighted by Crippen LogP contribution is 2.18. The molecule has 0 aliphatic rings. The number of hydrogen-bond acceptors (Lipinski definition) is 6. The van der Waals surface area contributed by atoms with E-state index in [4.69, 9.17) is 9.47 Å². The summed E-state index contributed by atoms with van der Waals surface area (Å²) in [5.74, 6) is -1.70. The number of ketones is 2. The lowest BCUT2D eigenvalue weighted by atomic mass is 9.97. The first kappa shape index (κ1) is 22.0. The van der Waals surface area contributed by atoms with Crippen LogP contribution < -0.4 is 0 Å². The van der Waals surface area contributed by atoms with Crippen LogP contribution in [0.3, 0.4) is 0 Å². The Balaban J connectivity index is 1.73. The highest BCUT2D eigenvalue weighted by molar-refractivity contribution is 5.94. The zero-order valence-electron chi connectivity index (χ0n) is 16.6. The summed E-state index contributed by atoms with van der Waals surface area (Å²) in [6.07, 6.45) is 0.455. The zero-order chi connectivity index (χ0) is 21.3. The zero-order valence-corrected chi connectivity index (χ0v) is 16.6. The molecule has 6 nitrogen and oxygen atoms in total. The topological polar surface area (TPSA) is 86.7 Å². The number of ether oxygens (including phenoxy) is 2. The van der Waals surface area contributed by atoms with Gasteiger partial charge in [-0.25, -0.2) is 9.59 Å². The minimum Gasteiger partial charge on any atom is -0.454 e. The molecule has 6 heteroatoms. The highest BCUT2D eigenvalue weighted by Gasteiger charge is 2.31. The lowest BCUT2D eigenvalue weighted by Crippen LogP contribution is -2.37. The molecule has 152 valence electrons. The van der Waals surface area contributed by atoms with Crippen molar-refractivity contribution >= 4 is 23.5 Å². The van der Waals surface area contributed by atoms with Gasteiger partial charge in [-0.1, -0.05) is 36.4 Å². The highest BCUT2D eigenvalue weighted by atomic mass is 16.6. The Bertz CT molecular complexity index is 855. The second-order valence-corrected chi connectivity index (χ2v) is 7.02. The van der Waals surface area contributed by atoms with Crippen molar-refractivity contribution in [1.29, 1.82) is 0 Å². The maximum atomic E-state index is 12.4. The van der Waals surface area contributed by atoms with Gasteiger partial charge in [0.25, 0.3) is 0 Å². The van der Waals surface area contributed by atoms with Gasteiger partial charge in [0.2, 0.25) is 0 Å². The molecule has 0 aliphatic heterocycles. The van der Waals surface area contributed by atoms with E-state index in [1.807, 2.05) is 0 Å². The SMILES string of the molecule is CC(C)(OC(=O)c1ccccc1)C(=O)CCCC(=O)COC(=O)c1ccccc1. The van der Waals surface area contributed by atoms with Crippen LogP contribution >= 0.6 is 0 Å². The number of carbonyl (C=O) groups excluding carboxylic acids is 4. The number of rotatable bonds is 10. The van der Waals surface area contributed by atoms with Crippen LogP contribution in [0.25, 0.3) is 0 Å². The predicted octanol–water partition coefficient (Wildman–Crippen LogP) is 3.79. The van der Waals surface area contributed by atoms with Crippen molar-refractivity contribution in [1.82, 2.24) is 0 Å². The molecule has 0 amide bonds. The van der Waals surface area contributed by atoms with E-state index in [-0.39, 0.29) is 37.4 Å². The summed E-state index contributed by atoms with van der Waals surface area (Å²) in [6.45, 7) is 2.72. The molecule has 2 aromatic carbocycles. The van der Waals surface area contributed by atoms with Gasteiger partial charge in [0.1, 0.15) is 6.61 Å². The lowest BCUT2D eigenvalue weighted by Gasteiger charge is -2.23. The molecule has 0 aliphatic carbocycles. The molecule has 0 aromatic heterocycles. The maximum absolute atomic E-state index is 12.4. The second-order valence-electron chi connectivity index (χ2n) is 7.02. The van der Waals surface area contributed by atoms with Gasteiger partial charge in [-0.05, 0) is 44.5 Å². The summed E-state index contributed by atoms with van der Waals surface area (Å²) >= 11 is 0. The molecule has 29 heavy (non-hydrogen) atoms. The van der Waals surface area contributed by atoms with E-state index < -0.39 is 17.5 Å². The van der Waals surface area contributed by atoms with E-state index in [0.717, 1.165) is 0 Å². The van der Waals surface area contributed by atoms with Crippen LogP contribution in [0.4, 0.5) is 0 Å². The van der Waals surface area contributed by atoms with Gasteiger partial charge in [-0.2, -0.15) is 0 Å². The van der Waals surface area contributed by atoms with Crippen LogP contribution in [0.5, 0.6) is 0 Å². The maximum Gasteiger partial charge on any atom is 0.339 e. The van der Waals surface area contributed by atoms with E-state index in [0.29, 0.717) is 11.1 Å². The number of esters is 2. The van der Waals surface area contributed by atoms with E-state index >= 15 is 0 Å². The summed E-state index contributed by atoms with van der Waals surface area (Å²) in [4.78, 5) is 48.2. The molecule has 0 saturated carbocycles. The Morgan fingerprint density at radius 2 is 1.28 bits per heavy atom. The van der Waals surface area contributed by atoms with E-state index in [1.165, 1.54) is 13.8 Å². The summed E-state index contributed by atoms with van der Waals surface area (Å²) < 4.78 is 10.3. The van der Waals surface area contributed by atoms with Crippen molar-refractivity contribution in [3.05, 3.63) is 71.8 Å². The quantitative estimate of drug-likeness (QED) is 0.568. The van der Waals surface area contributed by atoms with Gasteiger partial charge < -0.3 is 9.47 Å². The van der Waals surface area contributed by atoms with Crippen LogP contribution in [0.2, 0.25) is 0 Å². The van der Waals surface area contributed by atoms with Crippen molar-refractivity contribution in [3.63, 3.8) is 0 Å². The van der Waals surface area contributed by atoms with Gasteiger partial charge in [-0.3, -0.25) is 9.59 Å². The van der Waals surface area contributed by atoms with Gasteiger partial charge in [0.15, 0.2) is 17.2 Å². The third kappa shape index (κ3) is 6.99. The summed E-state index contributed by atoms with van der Waals surface area (Å²) in [5.41, 5.74) is -0.559. The molecule has 0 bridgehead atoms. The van der Waals surface area contributed by atoms with Crippen molar-refractivity contribution in [2.45, 2.75) is 38.7 Å². The molecule has 0 atom stereocenters. The van der Waals surface area contributed by atoms with Crippen LogP contribution in [0.1, 0.15) is 53.8 Å². The van der Waals surface area contributed by atoms with Gasteiger partial charge in [-0.15, -0.1) is 0 Å². The fourth-order valence-electron chi connectivity index (χ4n) is 2.54. The smallest absolute Gasteiger partial charge is 0.339 e. The molecule has 0 unspecified atom stereocenters. The lowest BCUT2D eigenvalue weighted by molar-refractivity contribution is -0.135. The Kier molecular flexibility index (Phi) is 7.83. The molecule has 0 saturated heterocycles. The largest absolute Gasteiger partial charge is 0.454 e. The normalized spacial score (nSPS) is 10.8. The van der Waals surface area contributed by atoms with Crippen molar-refractivity contribution in [2.24, 2.45) is 0 Å². The van der Waals surface area contributed by atoms with Crippen LogP contribution in [0, 0.1) is 0 Å². The fourth-order valence-corrected chi connectivity index (χ4v) is 2.54. The average Bonchev–Trinajstić information content (AvgIpc) is 2.72. The molecule has 0 spiro atoms. The number of carbonyl (C=O) groups is 4. The monoisotopic (exact) mass is 396 g/mol. The first-order valence-corrected chi connectivity index (χ1v) is 9.35. The van der Waals surface area contributed by atoms with Gasteiger partial charge >= 0.3 is 11.9 Å². The molecule has 2 aromatic rings. The molecular weight excluding hydrogens is 372 g/mol. The fraction of sp³-hybridized carbons (Fsp3) is 0.304. The third-order valence-electron chi connectivity index (χ3n) is 4.26. The van der Waals surface area contributed by atoms with Crippen LogP contribution in [-0.2, 0) is 19.1 Å². The number of benzene rings is 2. The van der Waals surface area contributed by atoms with Gasteiger partial charge in [0, 0.05) is 12.8 Å². The van der Waals surface area contributed by atoms with Crippen LogP contribution in [0.15, 0.2) is 60.7 Å². The molecule has 2 rings (SSSR count). The standard InChI is InChI=1S/C23H24O6/c1-23(2,29-22(27)18-12-7-4-8-13-18)20(25)15-9-14-19(24)16-28-21(26)17-10-5-3-6-11-17/h3-8,10-13H,9,14-16H2,1-2H3. The molecule has 0 radical (unpaired) electrons. The van der Waals surface area contributed by atoms with Gasteiger partial charge in [0.05, 0.1) is 11.1 Å². The first-order valence-electron chi connectivity index (χ1n) is 9.35. The molecule has 0 heterocycles. The van der Waals surface area contributed by atoms with E-state index in [1.54, 1.807) is 60.7 Å². The minimum absolute atomic E-state index is 0.0768. The predicted molar refractivity (Wildman–Crippen MR) is 107 cm³/mol. The van der Waals surface area contributed by atoms with E-state index in [2.05, 4.69) is 0 Å². The number of hydrogen-bond donors (Lipinski definition) is 0. The number of Topliss-reactive ketones (excluding diaryl/α,β-unsaturated/α-hetero) is 2. The van der Waals surface area contributed by atoms with E-state index in [9.17, 15) is 19.2 Å². The average molecular weight is 396 g/mol. The Hall–Kier alpha value is -3.28. The van der Waals surface area contributed by atoms with Crippen molar-refractivity contribution < 1.29 is 28.7 Å².